The zero-order valence-electron chi connectivity index (χ0n) is 14.4. The lowest BCUT2D eigenvalue weighted by atomic mass is 10.1. The predicted molar refractivity (Wildman–Crippen MR) is 101 cm³/mol. The highest BCUT2D eigenvalue weighted by molar-refractivity contribution is 7.18. The van der Waals surface area contributed by atoms with E-state index in [0.717, 1.165) is 27.4 Å². The molecule has 4 aromatic rings. The number of hydrogen-bond donors (Lipinski definition) is 0. The molecule has 0 bridgehead atoms. The van der Waals surface area contributed by atoms with Crippen LogP contribution < -0.4 is 10.3 Å². The first-order valence-electron chi connectivity index (χ1n) is 8.26. The van der Waals surface area contributed by atoms with Gasteiger partial charge in [0.25, 0.3) is 5.56 Å². The first kappa shape index (κ1) is 16.5. The number of ether oxygens (including phenoxy) is 1. The summed E-state index contributed by atoms with van der Waals surface area (Å²) < 4.78 is 12.3. The summed E-state index contributed by atoms with van der Waals surface area (Å²) in [5.74, 6) is 1.30. The van der Waals surface area contributed by atoms with E-state index in [1.54, 1.807) is 29.3 Å². The maximum Gasteiger partial charge on any atom is 0.262 e. The van der Waals surface area contributed by atoms with E-state index in [0.29, 0.717) is 16.8 Å². The van der Waals surface area contributed by atoms with E-state index in [4.69, 9.17) is 9.26 Å². The summed E-state index contributed by atoms with van der Waals surface area (Å²) in [6.45, 7) is 2.35. The summed E-state index contributed by atoms with van der Waals surface area (Å²) in [6.07, 6.45) is 2.46. The molecule has 0 aliphatic carbocycles. The van der Waals surface area contributed by atoms with Gasteiger partial charge in [0.05, 0.1) is 25.4 Å². The molecule has 6 nitrogen and oxygen atoms in total. The van der Waals surface area contributed by atoms with Crippen molar-refractivity contribution in [1.82, 2.24) is 14.7 Å². The average molecular weight is 367 g/mol. The van der Waals surface area contributed by atoms with Gasteiger partial charge in [-0.3, -0.25) is 9.36 Å². The first-order chi connectivity index (χ1) is 12.7. The molecule has 3 heterocycles. The van der Waals surface area contributed by atoms with Crippen LogP contribution in [0.1, 0.15) is 17.6 Å². The maximum atomic E-state index is 12.7. The van der Waals surface area contributed by atoms with Crippen LogP contribution in [0.5, 0.6) is 5.75 Å². The zero-order chi connectivity index (χ0) is 18.1. The van der Waals surface area contributed by atoms with Crippen molar-refractivity contribution in [2.75, 3.05) is 7.11 Å². The van der Waals surface area contributed by atoms with E-state index in [2.05, 4.69) is 17.1 Å². The number of benzene rings is 1. The van der Waals surface area contributed by atoms with Crippen LogP contribution in [0, 0.1) is 0 Å². The molecule has 0 spiro atoms. The van der Waals surface area contributed by atoms with Crippen molar-refractivity contribution in [3.8, 4) is 17.0 Å². The van der Waals surface area contributed by atoms with Crippen LogP contribution in [0.2, 0.25) is 0 Å². The summed E-state index contributed by atoms with van der Waals surface area (Å²) in [5.41, 5.74) is 1.45. The van der Waals surface area contributed by atoms with Gasteiger partial charge in [-0.25, -0.2) is 4.98 Å². The molecule has 132 valence electrons. The molecule has 7 heteroatoms. The number of hydrogen-bond acceptors (Lipinski definition) is 6. The third kappa shape index (κ3) is 2.90. The van der Waals surface area contributed by atoms with Gasteiger partial charge in [-0.05, 0) is 24.6 Å². The molecule has 0 saturated heterocycles. The molecule has 0 unspecified atom stereocenters. The van der Waals surface area contributed by atoms with E-state index < -0.39 is 0 Å². The van der Waals surface area contributed by atoms with Crippen molar-refractivity contribution in [2.45, 2.75) is 19.9 Å². The Kier molecular flexibility index (Phi) is 4.30. The quantitative estimate of drug-likeness (QED) is 0.537. The molecule has 3 aromatic heterocycles. The monoisotopic (exact) mass is 367 g/mol. The lowest BCUT2D eigenvalue weighted by Gasteiger charge is -2.04. The maximum absolute atomic E-state index is 12.7. The Hall–Kier alpha value is -2.93. The van der Waals surface area contributed by atoms with Crippen molar-refractivity contribution >= 4 is 21.6 Å². The summed E-state index contributed by atoms with van der Waals surface area (Å²) in [6, 6.07) is 11.3. The van der Waals surface area contributed by atoms with Gasteiger partial charge >= 0.3 is 0 Å². The third-order valence-electron chi connectivity index (χ3n) is 4.19. The van der Waals surface area contributed by atoms with Crippen LogP contribution in [0.25, 0.3) is 21.5 Å². The molecule has 0 saturated carbocycles. The van der Waals surface area contributed by atoms with Gasteiger partial charge in [-0.1, -0.05) is 24.2 Å². The molecule has 26 heavy (non-hydrogen) atoms. The lowest BCUT2D eigenvalue weighted by molar-refractivity contribution is 0.375. The van der Waals surface area contributed by atoms with Crippen LogP contribution in [-0.2, 0) is 13.0 Å². The summed E-state index contributed by atoms with van der Waals surface area (Å²) in [7, 11) is 1.62. The average Bonchev–Trinajstić information content (AvgIpc) is 3.31. The van der Waals surface area contributed by atoms with Crippen molar-refractivity contribution in [3.05, 3.63) is 63.7 Å². The second-order valence-corrected chi connectivity index (χ2v) is 6.96. The van der Waals surface area contributed by atoms with Gasteiger partial charge in [0.1, 0.15) is 16.3 Å². The van der Waals surface area contributed by atoms with Crippen LogP contribution >= 0.6 is 11.3 Å². The standard InChI is InChI=1S/C19H17N3O3S/c1-3-13-9-15-18(26-13)20-11-22(19(15)23)10-12-8-16(21-25-12)14-6-4-5-7-17(14)24-2/h4-9,11H,3,10H2,1-2H3. The smallest absolute Gasteiger partial charge is 0.262 e. The Morgan fingerprint density at radius 2 is 2.12 bits per heavy atom. The largest absolute Gasteiger partial charge is 0.496 e. The minimum Gasteiger partial charge on any atom is -0.496 e. The number of nitrogens with zero attached hydrogens (tertiary/aromatic N) is 3. The van der Waals surface area contributed by atoms with Crippen molar-refractivity contribution in [1.29, 1.82) is 0 Å². The highest BCUT2D eigenvalue weighted by Crippen LogP contribution is 2.29. The molecular weight excluding hydrogens is 350 g/mol. The molecule has 0 N–H and O–H groups in total. The Morgan fingerprint density at radius 3 is 2.92 bits per heavy atom. The topological polar surface area (TPSA) is 70.2 Å². The number of fused-ring (bicyclic) bond motifs is 1. The Balaban J connectivity index is 1.66. The summed E-state index contributed by atoms with van der Waals surface area (Å²) in [5, 5.41) is 4.76. The number of aryl methyl sites for hydroxylation is 1. The van der Waals surface area contributed by atoms with Crippen LogP contribution in [-0.4, -0.2) is 21.8 Å². The fourth-order valence-electron chi connectivity index (χ4n) is 2.84. The molecular formula is C19H17N3O3S. The SMILES string of the molecule is CCc1cc2c(=O)n(Cc3cc(-c4ccccc4OC)no3)cnc2s1. The number of thiophene rings is 1. The number of aromatic nitrogens is 3. The molecule has 4 rings (SSSR count). The van der Waals surface area contributed by atoms with Crippen molar-refractivity contribution in [2.24, 2.45) is 0 Å². The highest BCUT2D eigenvalue weighted by Gasteiger charge is 2.13. The number of para-hydroxylation sites is 1. The van der Waals surface area contributed by atoms with Gasteiger partial charge in [-0.15, -0.1) is 11.3 Å². The fourth-order valence-corrected chi connectivity index (χ4v) is 3.76. The van der Waals surface area contributed by atoms with E-state index in [-0.39, 0.29) is 12.1 Å². The van der Waals surface area contributed by atoms with E-state index >= 15 is 0 Å². The normalized spacial score (nSPS) is 11.2. The summed E-state index contributed by atoms with van der Waals surface area (Å²) >= 11 is 1.56. The second-order valence-electron chi connectivity index (χ2n) is 5.84. The number of rotatable bonds is 5. The molecule has 0 fully saturated rings. The zero-order valence-corrected chi connectivity index (χ0v) is 15.2. The Morgan fingerprint density at radius 1 is 1.27 bits per heavy atom. The van der Waals surface area contributed by atoms with Gasteiger partial charge in [-0.2, -0.15) is 0 Å². The van der Waals surface area contributed by atoms with Gasteiger partial charge in [0.15, 0.2) is 5.76 Å². The predicted octanol–water partition coefficient (Wildman–Crippen LogP) is 3.73. The third-order valence-corrected chi connectivity index (χ3v) is 5.37. The Bertz CT molecular complexity index is 1130. The Labute approximate surface area is 153 Å². The minimum absolute atomic E-state index is 0.0683. The van der Waals surface area contributed by atoms with Crippen LogP contribution in [0.15, 0.2) is 52.0 Å². The molecule has 0 atom stereocenters. The van der Waals surface area contributed by atoms with E-state index in [1.165, 1.54) is 0 Å². The second kappa shape index (κ2) is 6.76. The van der Waals surface area contributed by atoms with Gasteiger partial charge < -0.3 is 9.26 Å². The summed E-state index contributed by atoms with van der Waals surface area (Å²) in [4.78, 5) is 19.0. The molecule has 0 aliphatic rings. The molecule has 0 aliphatic heterocycles. The van der Waals surface area contributed by atoms with E-state index in [1.807, 2.05) is 36.4 Å². The van der Waals surface area contributed by atoms with Crippen LogP contribution in [0.4, 0.5) is 0 Å². The molecule has 0 radical (unpaired) electrons. The number of methoxy groups -OCH3 is 1. The minimum atomic E-state index is -0.0683. The lowest BCUT2D eigenvalue weighted by Crippen LogP contribution is -2.20. The van der Waals surface area contributed by atoms with Gasteiger partial charge in [0, 0.05) is 16.5 Å². The van der Waals surface area contributed by atoms with Crippen molar-refractivity contribution < 1.29 is 9.26 Å². The first-order valence-corrected chi connectivity index (χ1v) is 9.08. The van der Waals surface area contributed by atoms with E-state index in [9.17, 15) is 4.79 Å². The molecule has 1 aromatic carbocycles. The van der Waals surface area contributed by atoms with Crippen molar-refractivity contribution in [3.63, 3.8) is 0 Å². The highest BCUT2D eigenvalue weighted by atomic mass is 32.1. The van der Waals surface area contributed by atoms with Gasteiger partial charge in [0.2, 0.25) is 0 Å². The van der Waals surface area contributed by atoms with Crippen LogP contribution in [0.3, 0.4) is 0 Å². The fraction of sp³-hybridized carbons (Fsp3) is 0.211. The molecule has 0 amide bonds.